The molecule has 3 atom stereocenters. The van der Waals surface area contributed by atoms with Gasteiger partial charge in [0.15, 0.2) is 5.11 Å². The molecule has 3 N–H and O–H groups in total. The van der Waals surface area contributed by atoms with Crippen LogP contribution in [0.25, 0.3) is 0 Å². The van der Waals surface area contributed by atoms with Gasteiger partial charge in [-0.05, 0) is 36.8 Å². The summed E-state index contributed by atoms with van der Waals surface area (Å²) in [4.78, 5) is 12.2. The van der Waals surface area contributed by atoms with Gasteiger partial charge in [-0.1, -0.05) is 28.1 Å². The molecule has 1 aromatic rings. The van der Waals surface area contributed by atoms with Gasteiger partial charge >= 0.3 is 12.1 Å². The lowest BCUT2D eigenvalue weighted by Gasteiger charge is -2.45. The van der Waals surface area contributed by atoms with E-state index in [0.717, 1.165) is 0 Å². The van der Waals surface area contributed by atoms with Crippen LogP contribution in [-0.4, -0.2) is 34.7 Å². The highest BCUT2D eigenvalue weighted by Crippen LogP contribution is 2.43. The zero-order valence-electron chi connectivity index (χ0n) is 12.4. The first-order chi connectivity index (χ1) is 11.1. The summed E-state index contributed by atoms with van der Waals surface area (Å²) in [5.74, 6) is -3.17. The molecule has 1 fully saturated rings. The number of carbonyl (C=O) groups is 1. The molecule has 0 aromatic heterocycles. The molecule has 1 aliphatic rings. The lowest BCUT2D eigenvalue weighted by Crippen LogP contribution is -2.73. The maximum Gasteiger partial charge on any atom is 0.437 e. The summed E-state index contributed by atoms with van der Waals surface area (Å²) in [6.07, 6.45) is -5.15. The molecule has 132 valence electrons. The lowest BCUT2D eigenvalue weighted by molar-refractivity contribution is -0.292. The number of carbonyl (C=O) groups excluding carboxylic acids is 1. The monoisotopic (exact) mass is 426 g/mol. The summed E-state index contributed by atoms with van der Waals surface area (Å²) in [6, 6.07) is 5.06. The predicted octanol–water partition coefficient (Wildman–Crippen LogP) is 2.40. The van der Waals surface area contributed by atoms with E-state index < -0.39 is 34.9 Å². The fourth-order valence-electron chi connectivity index (χ4n) is 2.48. The van der Waals surface area contributed by atoms with Crippen LogP contribution in [0.1, 0.15) is 18.5 Å². The number of alkyl halides is 3. The maximum absolute atomic E-state index is 13.5. The molecular weight excluding hydrogens is 413 g/mol. The summed E-state index contributed by atoms with van der Waals surface area (Å²) in [5.41, 5.74) is -3.19. The molecule has 5 nitrogen and oxygen atoms in total. The number of halogens is 4. The van der Waals surface area contributed by atoms with E-state index in [1.54, 1.807) is 17.4 Å². The second-order valence-corrected chi connectivity index (χ2v) is 6.45. The van der Waals surface area contributed by atoms with E-state index in [0.29, 0.717) is 10.0 Å². The van der Waals surface area contributed by atoms with Crippen molar-refractivity contribution in [1.82, 2.24) is 10.6 Å². The molecule has 1 saturated heterocycles. The van der Waals surface area contributed by atoms with Crippen molar-refractivity contribution in [1.29, 1.82) is 0 Å². The van der Waals surface area contributed by atoms with Gasteiger partial charge in [0.05, 0.1) is 12.6 Å². The van der Waals surface area contributed by atoms with Gasteiger partial charge in [0.1, 0.15) is 5.92 Å². The Hall–Kier alpha value is -1.39. The summed E-state index contributed by atoms with van der Waals surface area (Å²) < 4.78 is 45.9. The fraction of sp³-hybridized carbons (Fsp3) is 0.429. The van der Waals surface area contributed by atoms with Crippen LogP contribution in [0.15, 0.2) is 28.7 Å². The van der Waals surface area contributed by atoms with Crippen LogP contribution >= 0.6 is 28.1 Å². The topological polar surface area (TPSA) is 70.6 Å². The van der Waals surface area contributed by atoms with Crippen molar-refractivity contribution in [2.45, 2.75) is 24.9 Å². The van der Waals surface area contributed by atoms with E-state index in [2.05, 4.69) is 21.2 Å². The van der Waals surface area contributed by atoms with Crippen LogP contribution in [-0.2, 0) is 9.53 Å². The van der Waals surface area contributed by atoms with Crippen molar-refractivity contribution >= 4 is 39.2 Å². The van der Waals surface area contributed by atoms with Gasteiger partial charge in [0, 0.05) is 4.47 Å². The number of aliphatic hydroxyl groups is 1. The third-order valence-electron chi connectivity index (χ3n) is 3.58. The van der Waals surface area contributed by atoms with E-state index in [9.17, 15) is 23.1 Å². The van der Waals surface area contributed by atoms with E-state index in [1.165, 1.54) is 19.1 Å². The van der Waals surface area contributed by atoms with E-state index in [1.807, 2.05) is 0 Å². The minimum atomic E-state index is -5.15. The van der Waals surface area contributed by atoms with Gasteiger partial charge < -0.3 is 20.5 Å². The van der Waals surface area contributed by atoms with Crippen LogP contribution in [0.5, 0.6) is 0 Å². The summed E-state index contributed by atoms with van der Waals surface area (Å²) in [7, 11) is 0. The first-order valence-electron chi connectivity index (χ1n) is 6.90. The predicted molar refractivity (Wildman–Crippen MR) is 86.9 cm³/mol. The Balaban J connectivity index is 2.55. The largest absolute Gasteiger partial charge is 0.466 e. The zero-order chi connectivity index (χ0) is 18.1. The molecule has 0 radical (unpaired) electrons. The molecule has 1 heterocycles. The van der Waals surface area contributed by atoms with Gasteiger partial charge in [0.2, 0.25) is 0 Å². The van der Waals surface area contributed by atoms with Gasteiger partial charge in [-0.25, -0.2) is 0 Å². The second kappa shape index (κ2) is 6.85. The first-order valence-corrected chi connectivity index (χ1v) is 8.10. The quantitative estimate of drug-likeness (QED) is 0.509. The van der Waals surface area contributed by atoms with Crippen LogP contribution in [0.4, 0.5) is 13.2 Å². The second-order valence-electron chi connectivity index (χ2n) is 5.12. The number of hydrogen-bond acceptors (Lipinski definition) is 4. The molecule has 1 aromatic carbocycles. The minimum Gasteiger partial charge on any atom is -0.466 e. The highest BCUT2D eigenvalue weighted by molar-refractivity contribution is 9.10. The number of benzene rings is 1. The minimum absolute atomic E-state index is 0.124. The number of esters is 1. The van der Waals surface area contributed by atoms with E-state index in [4.69, 9.17) is 17.0 Å². The van der Waals surface area contributed by atoms with Crippen LogP contribution in [0, 0.1) is 5.92 Å². The SMILES string of the molecule is CCOC(=O)[C@@H]1[C@H](c2ccc(Br)cc2)NC(=S)N[C@]1(O)C(F)(F)F. The number of hydrogen-bond donors (Lipinski definition) is 3. The van der Waals surface area contributed by atoms with Crippen molar-refractivity contribution < 1.29 is 27.8 Å². The average Bonchev–Trinajstić information content (AvgIpc) is 2.46. The summed E-state index contributed by atoms with van der Waals surface area (Å²) >= 11 is 8.01. The summed E-state index contributed by atoms with van der Waals surface area (Å²) in [6.45, 7) is 1.34. The van der Waals surface area contributed by atoms with Crippen molar-refractivity contribution in [3.05, 3.63) is 34.3 Å². The average molecular weight is 427 g/mol. The van der Waals surface area contributed by atoms with Gasteiger partial charge in [-0.15, -0.1) is 0 Å². The number of ether oxygens (including phenoxy) is 1. The van der Waals surface area contributed by atoms with E-state index >= 15 is 0 Å². The Morgan fingerprint density at radius 2 is 2.00 bits per heavy atom. The van der Waals surface area contributed by atoms with Gasteiger partial charge in [-0.3, -0.25) is 4.79 Å². The highest BCUT2D eigenvalue weighted by Gasteiger charge is 2.66. The standard InChI is InChI=1S/C14H14BrF3N2O3S/c1-2-23-11(21)9-10(7-3-5-8(15)6-4-7)19-12(24)20-13(9,22)14(16,17)18/h3-6,9-10,22H,2H2,1H3,(H2,19,20,24)/t9-,10-,13+/m0/s1. The highest BCUT2D eigenvalue weighted by atomic mass is 79.9. The van der Waals surface area contributed by atoms with Crippen LogP contribution < -0.4 is 10.6 Å². The molecule has 0 bridgehead atoms. The fourth-order valence-corrected chi connectivity index (χ4v) is 3.03. The third-order valence-corrected chi connectivity index (χ3v) is 4.32. The van der Waals surface area contributed by atoms with Gasteiger partial charge in [-0.2, -0.15) is 13.2 Å². The number of thiocarbonyl (C=S) groups is 1. The molecule has 0 saturated carbocycles. The molecule has 0 unspecified atom stereocenters. The van der Waals surface area contributed by atoms with Crippen molar-refractivity contribution in [3.63, 3.8) is 0 Å². The molecule has 0 amide bonds. The molecule has 1 aliphatic heterocycles. The summed E-state index contributed by atoms with van der Waals surface area (Å²) in [5, 5.41) is 14.2. The number of rotatable bonds is 3. The molecule has 0 aliphatic carbocycles. The van der Waals surface area contributed by atoms with Crippen molar-refractivity contribution in [2.24, 2.45) is 5.92 Å². The molecule has 2 rings (SSSR count). The first kappa shape index (κ1) is 18.9. The zero-order valence-corrected chi connectivity index (χ0v) is 14.8. The molecule has 0 spiro atoms. The Bertz CT molecular complexity index is 641. The Labute approximate surface area is 149 Å². The maximum atomic E-state index is 13.5. The van der Waals surface area contributed by atoms with Crippen molar-refractivity contribution in [3.8, 4) is 0 Å². The van der Waals surface area contributed by atoms with Gasteiger partial charge in [0.25, 0.3) is 5.72 Å². The molecular formula is C14H14BrF3N2O3S. The number of nitrogens with one attached hydrogen (secondary N) is 2. The van der Waals surface area contributed by atoms with Crippen LogP contribution in [0.3, 0.4) is 0 Å². The smallest absolute Gasteiger partial charge is 0.437 e. The Kier molecular flexibility index (Phi) is 5.41. The normalized spacial score (nSPS) is 27.2. The Morgan fingerprint density at radius 1 is 1.42 bits per heavy atom. The van der Waals surface area contributed by atoms with Crippen LogP contribution in [0.2, 0.25) is 0 Å². The van der Waals surface area contributed by atoms with Crippen molar-refractivity contribution in [2.75, 3.05) is 6.61 Å². The molecule has 24 heavy (non-hydrogen) atoms. The Morgan fingerprint density at radius 3 is 2.50 bits per heavy atom. The lowest BCUT2D eigenvalue weighted by atomic mass is 9.82. The molecule has 10 heteroatoms. The third kappa shape index (κ3) is 3.50. The van der Waals surface area contributed by atoms with E-state index in [-0.39, 0.29) is 6.61 Å².